The number of aromatic nitrogens is 4. The third kappa shape index (κ3) is 3.53. The van der Waals surface area contributed by atoms with Gasteiger partial charge in [-0.15, -0.1) is 0 Å². The number of alkyl halides is 3. The van der Waals surface area contributed by atoms with Crippen LogP contribution in [0.25, 0.3) is 11.5 Å². The van der Waals surface area contributed by atoms with Gasteiger partial charge < -0.3 is 9.64 Å². The van der Waals surface area contributed by atoms with E-state index in [-0.39, 0.29) is 28.3 Å². The van der Waals surface area contributed by atoms with Crippen LogP contribution in [0.1, 0.15) is 34.3 Å². The van der Waals surface area contributed by atoms with Gasteiger partial charge in [0.2, 0.25) is 5.88 Å². The molecule has 7 nitrogen and oxygen atoms in total. The molecule has 1 aliphatic heterocycles. The molecular weight excluding hydrogens is 483 g/mol. The van der Waals surface area contributed by atoms with Crippen molar-refractivity contribution in [1.29, 1.82) is 0 Å². The van der Waals surface area contributed by atoms with Crippen LogP contribution in [0.4, 0.5) is 13.2 Å². The first-order chi connectivity index (χ1) is 16.7. The molecular formula is C24H19ClF3N5O2. The summed E-state index contributed by atoms with van der Waals surface area (Å²) in [6.07, 6.45) is 2.29. The Morgan fingerprint density at radius 1 is 1.14 bits per heavy atom. The maximum atomic E-state index is 13.8. The predicted molar refractivity (Wildman–Crippen MR) is 119 cm³/mol. The maximum absolute atomic E-state index is 13.8. The van der Waals surface area contributed by atoms with E-state index in [1.54, 1.807) is 35.6 Å². The lowest BCUT2D eigenvalue weighted by molar-refractivity contribution is -0.137. The average molecular weight is 502 g/mol. The number of aryl methyl sites for hydroxylation is 1. The van der Waals surface area contributed by atoms with Gasteiger partial charge in [0.1, 0.15) is 16.8 Å². The quantitative estimate of drug-likeness (QED) is 0.520. The number of rotatable bonds is 4. The highest BCUT2D eigenvalue weighted by Crippen LogP contribution is 2.71. The molecule has 4 unspecified atom stereocenters. The summed E-state index contributed by atoms with van der Waals surface area (Å²) in [5, 5.41) is -0.213. The summed E-state index contributed by atoms with van der Waals surface area (Å²) in [6.45, 7) is 2.44. The number of amides is 1. The van der Waals surface area contributed by atoms with Gasteiger partial charge in [-0.1, -0.05) is 11.6 Å². The van der Waals surface area contributed by atoms with Crippen molar-refractivity contribution in [2.75, 3.05) is 6.54 Å². The predicted octanol–water partition coefficient (Wildman–Crippen LogP) is 4.60. The summed E-state index contributed by atoms with van der Waals surface area (Å²) < 4.78 is 44.8. The van der Waals surface area contributed by atoms with Crippen molar-refractivity contribution in [3.63, 3.8) is 0 Å². The fourth-order valence-corrected chi connectivity index (χ4v) is 5.76. The number of hydrogen-bond donors (Lipinski definition) is 0. The van der Waals surface area contributed by atoms with Crippen LogP contribution in [0.3, 0.4) is 0 Å². The summed E-state index contributed by atoms with van der Waals surface area (Å²) in [5.74, 6) is 0.477. The molecule has 2 saturated carbocycles. The van der Waals surface area contributed by atoms with E-state index < -0.39 is 17.8 Å². The summed E-state index contributed by atoms with van der Waals surface area (Å²) in [4.78, 5) is 32.3. The highest BCUT2D eigenvalue weighted by molar-refractivity contribution is 6.31. The van der Waals surface area contributed by atoms with Gasteiger partial charge in [0.05, 0.1) is 17.2 Å². The summed E-state index contributed by atoms with van der Waals surface area (Å²) >= 11 is 6.06. The first-order valence-electron chi connectivity index (χ1n) is 11.1. The molecule has 4 atom stereocenters. The molecule has 3 aromatic rings. The molecule has 1 saturated heterocycles. The number of carbonyl (C=O) groups excluding carboxylic acids is 1. The lowest BCUT2D eigenvalue weighted by Gasteiger charge is -2.47. The third-order valence-electron chi connectivity index (χ3n) is 7.25. The highest BCUT2D eigenvalue weighted by Gasteiger charge is 2.76. The Labute approximate surface area is 203 Å². The Hall–Kier alpha value is -3.27. The first kappa shape index (κ1) is 22.2. The second-order valence-electron chi connectivity index (χ2n) is 9.39. The fraction of sp³-hybridized carbons (Fsp3) is 0.375. The molecule has 1 amide bonds. The average Bonchev–Trinajstić information content (AvgIpc) is 3.48. The van der Waals surface area contributed by atoms with Gasteiger partial charge in [0.25, 0.3) is 5.91 Å². The van der Waals surface area contributed by atoms with E-state index in [9.17, 15) is 18.0 Å². The number of piperidine rings is 1. The van der Waals surface area contributed by atoms with Crippen LogP contribution in [0.15, 0.2) is 43.0 Å². The minimum absolute atomic E-state index is 0.0145. The molecule has 1 spiro atoms. The number of ether oxygens (including phenoxy) is 1. The van der Waals surface area contributed by atoms with Crippen molar-refractivity contribution in [3.05, 3.63) is 64.7 Å². The van der Waals surface area contributed by atoms with E-state index in [1.807, 2.05) is 6.92 Å². The molecule has 6 rings (SSSR count). The molecule has 3 aromatic heterocycles. The lowest BCUT2D eigenvalue weighted by Crippen LogP contribution is -2.59. The van der Waals surface area contributed by atoms with Gasteiger partial charge in [-0.25, -0.2) is 15.0 Å². The number of hydrogen-bond acceptors (Lipinski definition) is 6. The van der Waals surface area contributed by atoms with Gasteiger partial charge in [-0.05, 0) is 49.4 Å². The van der Waals surface area contributed by atoms with Gasteiger partial charge in [-0.2, -0.15) is 13.2 Å². The summed E-state index contributed by atoms with van der Waals surface area (Å²) in [5.41, 5.74) is 0.681. The minimum atomic E-state index is -4.55. The first-order valence-corrected chi connectivity index (χ1v) is 11.5. The molecule has 0 aromatic carbocycles. The lowest BCUT2D eigenvalue weighted by atomic mass is 9.73. The molecule has 0 N–H and O–H groups in total. The molecule has 3 fully saturated rings. The number of halogens is 4. The molecule has 4 heterocycles. The van der Waals surface area contributed by atoms with Crippen molar-refractivity contribution in [2.45, 2.75) is 38.1 Å². The molecule has 3 aliphatic rings. The molecule has 0 bridgehead atoms. The second-order valence-corrected chi connectivity index (χ2v) is 9.79. The molecule has 11 heteroatoms. The highest BCUT2D eigenvalue weighted by atomic mass is 35.5. The number of carbonyl (C=O) groups is 1. The van der Waals surface area contributed by atoms with Crippen LogP contribution in [0.5, 0.6) is 5.88 Å². The van der Waals surface area contributed by atoms with Crippen molar-refractivity contribution < 1.29 is 22.7 Å². The van der Waals surface area contributed by atoms with Crippen LogP contribution in [0, 0.1) is 18.3 Å². The van der Waals surface area contributed by atoms with Crippen LogP contribution >= 0.6 is 11.6 Å². The summed E-state index contributed by atoms with van der Waals surface area (Å²) in [7, 11) is 0. The van der Waals surface area contributed by atoms with Crippen LogP contribution in [-0.2, 0) is 6.18 Å². The van der Waals surface area contributed by atoms with Crippen molar-refractivity contribution >= 4 is 17.5 Å². The smallest absolute Gasteiger partial charge is 0.417 e. The van der Waals surface area contributed by atoms with Gasteiger partial charge in [0, 0.05) is 36.7 Å². The molecule has 180 valence electrons. The Bertz CT molecular complexity index is 1340. The number of pyridine rings is 2. The van der Waals surface area contributed by atoms with Gasteiger partial charge >= 0.3 is 6.18 Å². The van der Waals surface area contributed by atoms with Gasteiger partial charge in [0.15, 0.2) is 5.82 Å². The van der Waals surface area contributed by atoms with E-state index in [0.717, 1.165) is 18.1 Å². The Balaban J connectivity index is 1.28. The second kappa shape index (κ2) is 7.61. The minimum Gasteiger partial charge on any atom is -0.471 e. The Morgan fingerprint density at radius 3 is 2.63 bits per heavy atom. The standard InChI is InChI=1S/C24H19ClF3N5O2/c1-12-5-15(18(31-9-12)20-29-3-2-4-30-20)22(34)33-11-14-7-23(14)8-17(19(23)33)35-21-16(25)6-13(10-32-21)24(26,27)28/h2-6,9-10,14,17,19H,7-8,11H2,1H3. The largest absolute Gasteiger partial charge is 0.471 e. The monoisotopic (exact) mass is 501 g/mol. The van der Waals surface area contributed by atoms with E-state index in [4.69, 9.17) is 16.3 Å². The fourth-order valence-electron chi connectivity index (χ4n) is 5.55. The normalized spacial score (nSPS) is 26.5. The zero-order chi connectivity index (χ0) is 24.5. The van der Waals surface area contributed by atoms with Crippen molar-refractivity contribution in [2.24, 2.45) is 11.3 Å². The zero-order valence-corrected chi connectivity index (χ0v) is 19.2. The molecule has 35 heavy (non-hydrogen) atoms. The van der Waals surface area contributed by atoms with Crippen molar-refractivity contribution in [1.82, 2.24) is 24.8 Å². The van der Waals surface area contributed by atoms with E-state index in [0.29, 0.717) is 42.2 Å². The summed E-state index contributed by atoms with van der Waals surface area (Å²) in [6, 6.07) is 4.05. The van der Waals surface area contributed by atoms with E-state index in [2.05, 4.69) is 19.9 Å². The Morgan fingerprint density at radius 2 is 1.91 bits per heavy atom. The number of nitrogens with zero attached hydrogens (tertiary/aromatic N) is 5. The third-order valence-corrected chi connectivity index (χ3v) is 7.52. The van der Waals surface area contributed by atoms with Crippen molar-refractivity contribution in [3.8, 4) is 17.4 Å². The maximum Gasteiger partial charge on any atom is 0.417 e. The molecule has 0 radical (unpaired) electrons. The van der Waals surface area contributed by atoms with E-state index >= 15 is 0 Å². The van der Waals surface area contributed by atoms with Crippen LogP contribution in [0.2, 0.25) is 5.02 Å². The van der Waals surface area contributed by atoms with Gasteiger partial charge in [-0.3, -0.25) is 9.78 Å². The van der Waals surface area contributed by atoms with Crippen LogP contribution < -0.4 is 4.74 Å². The van der Waals surface area contributed by atoms with Crippen LogP contribution in [-0.4, -0.2) is 49.4 Å². The zero-order valence-electron chi connectivity index (χ0n) is 18.5. The SMILES string of the molecule is Cc1cnc(-c2ncccn2)c(C(=O)N2CC3CC34CC(Oc3ncc(C(F)(F)F)cc3Cl)C24)c1. The Kier molecular flexibility index (Phi) is 4.83. The topological polar surface area (TPSA) is 81.1 Å². The van der Waals surface area contributed by atoms with E-state index in [1.165, 1.54) is 0 Å². The number of likely N-dealkylation sites (tertiary alicyclic amines) is 1. The molecule has 2 aliphatic carbocycles.